The van der Waals surface area contributed by atoms with Crippen molar-refractivity contribution >= 4 is 5.91 Å². The van der Waals surface area contributed by atoms with Crippen LogP contribution in [0, 0.1) is 25.7 Å². The van der Waals surface area contributed by atoms with E-state index in [1.54, 1.807) is 0 Å². The van der Waals surface area contributed by atoms with Crippen LogP contribution in [0.2, 0.25) is 0 Å². The van der Waals surface area contributed by atoms with Gasteiger partial charge in [-0.2, -0.15) is 5.10 Å². The second kappa shape index (κ2) is 7.47. The number of carbonyl (C=O) groups excluding carboxylic acids is 1. The number of likely N-dealkylation sites (tertiary alicyclic amines) is 1. The molecule has 2 saturated heterocycles. The number of piperidine rings is 1. The molecule has 1 N–H and O–H groups in total. The Hall–Kier alpha value is -1.36. The maximum Gasteiger partial charge on any atom is 0.222 e. The van der Waals surface area contributed by atoms with E-state index in [-0.39, 0.29) is 0 Å². The summed E-state index contributed by atoms with van der Waals surface area (Å²) in [4.78, 5) is 14.5. The highest BCUT2D eigenvalue weighted by molar-refractivity contribution is 5.76. The molecule has 1 atom stereocenters. The van der Waals surface area contributed by atoms with E-state index in [1.165, 1.54) is 18.4 Å². The van der Waals surface area contributed by atoms with Crippen LogP contribution >= 0.6 is 0 Å². The van der Waals surface area contributed by atoms with Crippen molar-refractivity contribution in [3.05, 3.63) is 17.0 Å². The first kappa shape index (κ1) is 16.5. The predicted molar refractivity (Wildman–Crippen MR) is 89.2 cm³/mol. The average molecular weight is 319 g/mol. The lowest BCUT2D eigenvalue weighted by molar-refractivity contribution is -0.133. The van der Waals surface area contributed by atoms with Crippen molar-refractivity contribution in [1.82, 2.24) is 15.1 Å². The van der Waals surface area contributed by atoms with Gasteiger partial charge in [0.2, 0.25) is 5.91 Å². The number of rotatable bonds is 4. The summed E-state index contributed by atoms with van der Waals surface area (Å²) in [6.45, 7) is 7.73. The van der Waals surface area contributed by atoms with Crippen LogP contribution in [0.1, 0.15) is 49.1 Å². The van der Waals surface area contributed by atoms with Gasteiger partial charge in [-0.1, -0.05) is 0 Å². The van der Waals surface area contributed by atoms with E-state index in [4.69, 9.17) is 4.74 Å². The first-order chi connectivity index (χ1) is 11.1. The van der Waals surface area contributed by atoms with E-state index in [9.17, 15) is 4.79 Å². The minimum Gasteiger partial charge on any atom is -0.381 e. The summed E-state index contributed by atoms with van der Waals surface area (Å²) in [5, 5.41) is 7.20. The number of carbonyl (C=O) groups is 1. The molecule has 1 aromatic heterocycles. The highest BCUT2D eigenvalue weighted by Gasteiger charge is 2.29. The number of hydrogen-bond donors (Lipinski definition) is 1. The van der Waals surface area contributed by atoms with Crippen LogP contribution in [-0.4, -0.2) is 47.3 Å². The van der Waals surface area contributed by atoms with Crippen LogP contribution in [0.5, 0.6) is 0 Å². The van der Waals surface area contributed by atoms with Gasteiger partial charge in [0.05, 0.1) is 5.69 Å². The molecule has 2 fully saturated rings. The molecule has 1 aromatic rings. The number of ether oxygens (including phenoxy) is 1. The molecule has 2 aliphatic heterocycles. The van der Waals surface area contributed by atoms with Gasteiger partial charge in [0.15, 0.2) is 0 Å². The summed E-state index contributed by atoms with van der Waals surface area (Å²) in [7, 11) is 0. The molecule has 0 bridgehead atoms. The number of amides is 1. The Morgan fingerprint density at radius 3 is 2.65 bits per heavy atom. The van der Waals surface area contributed by atoms with Crippen LogP contribution in [0.15, 0.2) is 0 Å². The zero-order valence-corrected chi connectivity index (χ0v) is 14.4. The SMILES string of the molecule is Cc1n[nH]c(C)c1CCC(=O)N1CCC(C2CCCOC2)CC1. The maximum absolute atomic E-state index is 12.5. The van der Waals surface area contributed by atoms with Crippen molar-refractivity contribution < 1.29 is 9.53 Å². The molecule has 5 heteroatoms. The van der Waals surface area contributed by atoms with Crippen molar-refractivity contribution in [2.45, 2.75) is 52.4 Å². The third-order valence-electron chi connectivity index (χ3n) is 5.62. The van der Waals surface area contributed by atoms with Crippen molar-refractivity contribution in [3.8, 4) is 0 Å². The van der Waals surface area contributed by atoms with Gasteiger partial charge in [0, 0.05) is 38.4 Å². The number of nitrogens with zero attached hydrogens (tertiary/aromatic N) is 2. The van der Waals surface area contributed by atoms with E-state index in [0.717, 1.165) is 68.8 Å². The number of H-pyrrole nitrogens is 1. The molecule has 0 aromatic carbocycles. The van der Waals surface area contributed by atoms with Gasteiger partial charge in [-0.3, -0.25) is 9.89 Å². The van der Waals surface area contributed by atoms with Crippen molar-refractivity contribution in [2.75, 3.05) is 26.3 Å². The third kappa shape index (κ3) is 3.94. The molecule has 3 heterocycles. The molecule has 0 radical (unpaired) electrons. The Morgan fingerprint density at radius 1 is 1.26 bits per heavy atom. The maximum atomic E-state index is 12.5. The standard InChI is InChI=1S/C18H29N3O2/c1-13-17(14(2)20-19-13)5-6-18(22)21-9-7-15(8-10-21)16-4-3-11-23-12-16/h15-16H,3-12H2,1-2H3,(H,19,20). The average Bonchev–Trinajstić information content (AvgIpc) is 2.92. The van der Waals surface area contributed by atoms with Gasteiger partial charge < -0.3 is 9.64 Å². The van der Waals surface area contributed by atoms with Crippen molar-refractivity contribution in [2.24, 2.45) is 11.8 Å². The molecular formula is C18H29N3O2. The summed E-state index contributed by atoms with van der Waals surface area (Å²) in [5.41, 5.74) is 3.31. The zero-order chi connectivity index (χ0) is 16.2. The monoisotopic (exact) mass is 319 g/mol. The van der Waals surface area contributed by atoms with Crippen LogP contribution < -0.4 is 0 Å². The molecule has 5 nitrogen and oxygen atoms in total. The Morgan fingerprint density at radius 2 is 2.04 bits per heavy atom. The minimum absolute atomic E-state index is 0.295. The molecule has 1 unspecified atom stereocenters. The first-order valence-electron chi connectivity index (χ1n) is 9.01. The summed E-state index contributed by atoms with van der Waals surface area (Å²) >= 11 is 0. The number of hydrogen-bond acceptors (Lipinski definition) is 3. The van der Waals surface area contributed by atoms with Crippen molar-refractivity contribution in [3.63, 3.8) is 0 Å². The van der Waals surface area contributed by atoms with Gasteiger partial charge in [0.25, 0.3) is 0 Å². The summed E-state index contributed by atoms with van der Waals surface area (Å²) in [6.07, 6.45) is 6.18. The lowest BCUT2D eigenvalue weighted by atomic mass is 9.81. The van der Waals surface area contributed by atoms with Crippen LogP contribution in [0.3, 0.4) is 0 Å². The topological polar surface area (TPSA) is 58.2 Å². The molecule has 23 heavy (non-hydrogen) atoms. The molecular weight excluding hydrogens is 290 g/mol. The predicted octanol–water partition coefficient (Wildman–Crippen LogP) is 2.62. The van der Waals surface area contributed by atoms with Crippen LogP contribution in [0.25, 0.3) is 0 Å². The molecule has 2 aliphatic rings. The van der Waals surface area contributed by atoms with Gasteiger partial charge in [0.1, 0.15) is 0 Å². The van der Waals surface area contributed by atoms with Gasteiger partial charge >= 0.3 is 0 Å². The molecule has 0 saturated carbocycles. The lowest BCUT2D eigenvalue weighted by Crippen LogP contribution is -2.41. The smallest absolute Gasteiger partial charge is 0.222 e. The number of aromatic nitrogens is 2. The van der Waals surface area contributed by atoms with Crippen molar-refractivity contribution in [1.29, 1.82) is 0 Å². The van der Waals surface area contributed by atoms with Gasteiger partial charge in [-0.15, -0.1) is 0 Å². The number of aromatic amines is 1. The molecule has 128 valence electrons. The largest absolute Gasteiger partial charge is 0.381 e. The molecule has 0 spiro atoms. The van der Waals surface area contributed by atoms with Crippen LogP contribution in [-0.2, 0) is 16.0 Å². The summed E-state index contributed by atoms with van der Waals surface area (Å²) in [6, 6.07) is 0. The van der Waals surface area contributed by atoms with Gasteiger partial charge in [-0.25, -0.2) is 0 Å². The zero-order valence-electron chi connectivity index (χ0n) is 14.4. The fourth-order valence-electron chi connectivity index (χ4n) is 4.09. The first-order valence-corrected chi connectivity index (χ1v) is 9.01. The number of aryl methyl sites for hydroxylation is 2. The summed E-state index contributed by atoms with van der Waals surface area (Å²) < 4.78 is 5.62. The normalized spacial score (nSPS) is 23.2. The van der Waals surface area contributed by atoms with E-state index < -0.39 is 0 Å². The highest BCUT2D eigenvalue weighted by atomic mass is 16.5. The fourth-order valence-corrected chi connectivity index (χ4v) is 4.09. The Kier molecular flexibility index (Phi) is 5.36. The third-order valence-corrected chi connectivity index (χ3v) is 5.62. The highest BCUT2D eigenvalue weighted by Crippen LogP contribution is 2.30. The fraction of sp³-hybridized carbons (Fsp3) is 0.778. The van der Waals surface area contributed by atoms with E-state index in [2.05, 4.69) is 15.1 Å². The lowest BCUT2D eigenvalue weighted by Gasteiger charge is -2.37. The van der Waals surface area contributed by atoms with Gasteiger partial charge in [-0.05, 0) is 63.4 Å². The summed E-state index contributed by atoms with van der Waals surface area (Å²) in [5.74, 6) is 1.76. The quantitative estimate of drug-likeness (QED) is 0.928. The minimum atomic E-state index is 0.295. The van der Waals surface area contributed by atoms with E-state index >= 15 is 0 Å². The second-order valence-electron chi connectivity index (χ2n) is 7.11. The second-order valence-corrected chi connectivity index (χ2v) is 7.11. The molecule has 0 aliphatic carbocycles. The molecule has 1 amide bonds. The Balaban J connectivity index is 1.44. The van der Waals surface area contributed by atoms with E-state index in [1.807, 2.05) is 13.8 Å². The van der Waals surface area contributed by atoms with E-state index in [0.29, 0.717) is 12.3 Å². The van der Waals surface area contributed by atoms with Crippen LogP contribution in [0.4, 0.5) is 0 Å². The number of nitrogens with one attached hydrogen (secondary N) is 1. The molecule has 3 rings (SSSR count). The Bertz CT molecular complexity index is 507. The Labute approximate surface area is 138 Å².